The first-order valence-electron chi connectivity index (χ1n) is 8.96. The molecule has 0 aliphatic carbocycles. The highest BCUT2D eigenvalue weighted by atomic mass is 16.2. The zero-order chi connectivity index (χ0) is 18.0. The van der Waals surface area contributed by atoms with E-state index in [-0.39, 0.29) is 6.03 Å². The third kappa shape index (κ3) is 5.48. The molecule has 3 aromatic rings. The van der Waals surface area contributed by atoms with E-state index in [0.717, 1.165) is 30.5 Å². The van der Waals surface area contributed by atoms with Gasteiger partial charge < -0.3 is 10.6 Å². The van der Waals surface area contributed by atoms with Crippen molar-refractivity contribution in [2.24, 2.45) is 0 Å². The van der Waals surface area contributed by atoms with E-state index in [1.807, 2.05) is 65.6 Å². The summed E-state index contributed by atoms with van der Waals surface area (Å²) in [5.41, 5.74) is 3.42. The molecule has 0 fully saturated rings. The van der Waals surface area contributed by atoms with Crippen LogP contribution in [0.3, 0.4) is 0 Å². The number of carbonyl (C=O) groups excluding carboxylic acids is 1. The molecule has 0 atom stereocenters. The topological polar surface area (TPSA) is 59.0 Å². The van der Waals surface area contributed by atoms with E-state index in [0.29, 0.717) is 13.1 Å². The van der Waals surface area contributed by atoms with E-state index in [1.165, 1.54) is 5.56 Å². The number of rotatable bonds is 8. The maximum Gasteiger partial charge on any atom is 0.314 e. The van der Waals surface area contributed by atoms with E-state index in [4.69, 9.17) is 0 Å². The molecule has 0 aliphatic rings. The first-order valence-corrected chi connectivity index (χ1v) is 8.96. The quantitative estimate of drug-likeness (QED) is 0.613. The lowest BCUT2D eigenvalue weighted by atomic mass is 10.1. The van der Waals surface area contributed by atoms with Crippen molar-refractivity contribution in [2.45, 2.75) is 19.3 Å². The third-order valence-electron chi connectivity index (χ3n) is 4.13. The lowest BCUT2D eigenvalue weighted by Crippen LogP contribution is -2.37. The molecule has 0 saturated carbocycles. The van der Waals surface area contributed by atoms with Crippen molar-refractivity contribution in [2.75, 3.05) is 13.1 Å². The van der Waals surface area contributed by atoms with Crippen LogP contribution in [0.25, 0.3) is 5.69 Å². The molecule has 5 nitrogen and oxygen atoms in total. The van der Waals surface area contributed by atoms with E-state index in [1.54, 1.807) is 0 Å². The summed E-state index contributed by atoms with van der Waals surface area (Å²) in [6, 6.07) is 20.2. The van der Waals surface area contributed by atoms with Crippen molar-refractivity contribution in [1.82, 2.24) is 20.4 Å². The first kappa shape index (κ1) is 17.7. The van der Waals surface area contributed by atoms with Crippen LogP contribution in [0.1, 0.15) is 17.5 Å². The predicted octanol–water partition coefficient (Wildman–Crippen LogP) is 3.35. The number of hydrogen-bond donors (Lipinski definition) is 2. The van der Waals surface area contributed by atoms with Gasteiger partial charge >= 0.3 is 6.03 Å². The normalized spacial score (nSPS) is 10.5. The number of hydrogen-bond acceptors (Lipinski definition) is 2. The molecule has 0 bridgehead atoms. The smallest absolute Gasteiger partial charge is 0.314 e. The molecule has 3 rings (SSSR count). The zero-order valence-electron chi connectivity index (χ0n) is 14.8. The highest BCUT2D eigenvalue weighted by molar-refractivity contribution is 5.73. The summed E-state index contributed by atoms with van der Waals surface area (Å²) in [6.07, 6.45) is 6.49. The fourth-order valence-electron chi connectivity index (χ4n) is 2.73. The number of aromatic nitrogens is 2. The highest BCUT2D eigenvalue weighted by Crippen LogP contribution is 2.07. The maximum absolute atomic E-state index is 11.8. The van der Waals surface area contributed by atoms with Crippen LogP contribution in [0.15, 0.2) is 73.1 Å². The number of carbonyl (C=O) groups is 1. The van der Waals surface area contributed by atoms with Gasteiger partial charge in [0.2, 0.25) is 0 Å². The van der Waals surface area contributed by atoms with E-state index in [2.05, 4.69) is 27.9 Å². The van der Waals surface area contributed by atoms with E-state index in [9.17, 15) is 4.79 Å². The van der Waals surface area contributed by atoms with Crippen LogP contribution in [-0.4, -0.2) is 28.9 Å². The van der Waals surface area contributed by atoms with Crippen LogP contribution in [-0.2, 0) is 12.8 Å². The molecule has 1 aromatic heterocycles. The van der Waals surface area contributed by atoms with Gasteiger partial charge in [0.25, 0.3) is 0 Å². The van der Waals surface area contributed by atoms with Crippen molar-refractivity contribution in [3.63, 3.8) is 0 Å². The van der Waals surface area contributed by atoms with Gasteiger partial charge in [-0.05, 0) is 42.5 Å². The van der Waals surface area contributed by atoms with Crippen molar-refractivity contribution in [3.8, 4) is 5.69 Å². The summed E-state index contributed by atoms with van der Waals surface area (Å²) in [7, 11) is 0. The minimum Gasteiger partial charge on any atom is -0.338 e. The summed E-state index contributed by atoms with van der Waals surface area (Å²) < 4.78 is 1.85. The summed E-state index contributed by atoms with van der Waals surface area (Å²) in [4.78, 5) is 11.8. The Balaban J connectivity index is 1.32. The molecule has 0 saturated heterocycles. The Kier molecular flexibility index (Phi) is 6.42. The van der Waals surface area contributed by atoms with E-state index < -0.39 is 0 Å². The molecular weight excluding hydrogens is 324 g/mol. The van der Waals surface area contributed by atoms with Crippen molar-refractivity contribution >= 4 is 6.03 Å². The monoisotopic (exact) mass is 348 g/mol. The van der Waals surface area contributed by atoms with Gasteiger partial charge in [-0.25, -0.2) is 9.48 Å². The van der Waals surface area contributed by atoms with Crippen LogP contribution in [0, 0.1) is 0 Å². The van der Waals surface area contributed by atoms with E-state index >= 15 is 0 Å². The first-order chi connectivity index (χ1) is 12.8. The van der Waals surface area contributed by atoms with Crippen molar-refractivity contribution < 1.29 is 4.79 Å². The molecule has 2 amide bonds. The van der Waals surface area contributed by atoms with Gasteiger partial charge in [0.05, 0.1) is 11.9 Å². The Hall–Kier alpha value is -3.08. The summed E-state index contributed by atoms with van der Waals surface area (Å²) in [6.45, 7) is 1.26. The minimum atomic E-state index is -0.117. The number of amides is 2. The Morgan fingerprint density at radius 3 is 2.31 bits per heavy atom. The maximum atomic E-state index is 11.8. The number of urea groups is 1. The lowest BCUT2D eigenvalue weighted by molar-refractivity contribution is 0.241. The molecule has 2 aromatic carbocycles. The average Bonchev–Trinajstić information content (AvgIpc) is 3.16. The van der Waals surface area contributed by atoms with Gasteiger partial charge in [-0.15, -0.1) is 0 Å². The SMILES string of the molecule is O=C(NCCCc1ccccc1)NCCc1cnn(-c2ccccc2)c1. The number of nitrogens with zero attached hydrogens (tertiary/aromatic N) is 2. The Morgan fingerprint density at radius 2 is 1.54 bits per heavy atom. The number of nitrogens with one attached hydrogen (secondary N) is 2. The average molecular weight is 348 g/mol. The molecule has 26 heavy (non-hydrogen) atoms. The molecule has 0 aliphatic heterocycles. The molecule has 134 valence electrons. The molecule has 5 heteroatoms. The fourth-order valence-corrected chi connectivity index (χ4v) is 2.73. The number of para-hydroxylation sites is 1. The highest BCUT2D eigenvalue weighted by Gasteiger charge is 2.03. The van der Waals surface area contributed by atoms with Gasteiger partial charge in [-0.1, -0.05) is 48.5 Å². The number of benzene rings is 2. The van der Waals surface area contributed by atoms with Gasteiger partial charge in [-0.3, -0.25) is 0 Å². The van der Waals surface area contributed by atoms with Gasteiger partial charge in [0, 0.05) is 19.3 Å². The molecular formula is C21H24N4O. The second-order valence-electron chi connectivity index (χ2n) is 6.15. The van der Waals surface area contributed by atoms with Crippen LogP contribution < -0.4 is 10.6 Å². The van der Waals surface area contributed by atoms with Crippen LogP contribution >= 0.6 is 0 Å². The van der Waals surface area contributed by atoms with Crippen LogP contribution in [0.2, 0.25) is 0 Å². The molecule has 1 heterocycles. The summed E-state index contributed by atoms with van der Waals surface area (Å²) in [5.74, 6) is 0. The summed E-state index contributed by atoms with van der Waals surface area (Å²) >= 11 is 0. The zero-order valence-corrected chi connectivity index (χ0v) is 14.8. The molecule has 0 radical (unpaired) electrons. The van der Waals surface area contributed by atoms with Gasteiger partial charge in [-0.2, -0.15) is 5.10 Å². The Morgan fingerprint density at radius 1 is 0.846 bits per heavy atom. The Bertz CT molecular complexity index is 799. The summed E-state index contributed by atoms with van der Waals surface area (Å²) in [5, 5.41) is 10.2. The van der Waals surface area contributed by atoms with Crippen LogP contribution in [0.5, 0.6) is 0 Å². The lowest BCUT2D eigenvalue weighted by Gasteiger charge is -2.07. The molecule has 2 N–H and O–H groups in total. The largest absolute Gasteiger partial charge is 0.338 e. The predicted molar refractivity (Wildman–Crippen MR) is 103 cm³/mol. The standard InChI is InChI=1S/C21H24N4O/c26-21(22-14-7-10-18-8-3-1-4-9-18)23-15-13-19-16-24-25(17-19)20-11-5-2-6-12-20/h1-6,8-9,11-12,16-17H,7,10,13-15H2,(H2,22,23,26). The number of aryl methyl sites for hydroxylation is 1. The molecule has 0 spiro atoms. The Labute approximate surface area is 154 Å². The van der Waals surface area contributed by atoms with Crippen molar-refractivity contribution in [3.05, 3.63) is 84.2 Å². The molecule has 0 unspecified atom stereocenters. The minimum absolute atomic E-state index is 0.117. The second-order valence-corrected chi connectivity index (χ2v) is 6.15. The van der Waals surface area contributed by atoms with Gasteiger partial charge in [0.15, 0.2) is 0 Å². The third-order valence-corrected chi connectivity index (χ3v) is 4.13. The van der Waals surface area contributed by atoms with Gasteiger partial charge in [0.1, 0.15) is 0 Å². The second kappa shape index (κ2) is 9.42. The van der Waals surface area contributed by atoms with Crippen molar-refractivity contribution in [1.29, 1.82) is 0 Å². The van der Waals surface area contributed by atoms with Crippen LogP contribution in [0.4, 0.5) is 4.79 Å². The fraction of sp³-hybridized carbons (Fsp3) is 0.238.